The van der Waals surface area contributed by atoms with Crippen LogP contribution in [0.2, 0.25) is 0 Å². The second-order valence-electron chi connectivity index (χ2n) is 4.06. The van der Waals surface area contributed by atoms with Crippen LogP contribution in [0.4, 0.5) is 10.5 Å². The van der Waals surface area contributed by atoms with E-state index in [1.54, 1.807) is 29.8 Å². The first kappa shape index (κ1) is 16.3. The molecule has 0 saturated carbocycles. The lowest BCUT2D eigenvalue weighted by atomic mass is 10.1. The highest BCUT2D eigenvalue weighted by Gasteiger charge is 2.15. The highest BCUT2D eigenvalue weighted by Crippen LogP contribution is 2.17. The number of ether oxygens (including phenoxy) is 1. The molecule has 0 fully saturated rings. The molecule has 0 radical (unpaired) electrons. The molecule has 0 aliphatic carbocycles. The van der Waals surface area contributed by atoms with Gasteiger partial charge in [0, 0.05) is 6.04 Å². The molecule has 20 heavy (non-hydrogen) atoms. The number of anilines is 1. The number of amides is 1. The molecule has 0 spiro atoms. The van der Waals surface area contributed by atoms with E-state index in [1.807, 2.05) is 20.0 Å². The van der Waals surface area contributed by atoms with E-state index in [-0.39, 0.29) is 12.6 Å². The third-order valence-corrected chi connectivity index (χ3v) is 3.50. The molecule has 1 atom stereocenters. The first-order valence-corrected chi connectivity index (χ1v) is 7.60. The summed E-state index contributed by atoms with van der Waals surface area (Å²) >= 11 is 0. The summed E-state index contributed by atoms with van der Waals surface area (Å²) in [4.78, 5) is 11.1. The van der Waals surface area contributed by atoms with Crippen molar-refractivity contribution in [1.29, 1.82) is 0 Å². The van der Waals surface area contributed by atoms with Gasteiger partial charge in [0.25, 0.3) is 0 Å². The summed E-state index contributed by atoms with van der Waals surface area (Å²) in [5.41, 5.74) is 1.28. The van der Waals surface area contributed by atoms with E-state index in [0.717, 1.165) is 5.56 Å². The molecule has 7 nitrogen and oxygen atoms in total. The van der Waals surface area contributed by atoms with Gasteiger partial charge >= 0.3 is 16.3 Å². The number of nitrogens with one attached hydrogen (secondary N) is 3. The van der Waals surface area contributed by atoms with Crippen molar-refractivity contribution in [3.05, 3.63) is 29.8 Å². The van der Waals surface area contributed by atoms with Crippen LogP contribution in [-0.2, 0) is 14.9 Å². The maximum atomic E-state index is 11.7. The van der Waals surface area contributed by atoms with Crippen LogP contribution in [0.3, 0.4) is 0 Å². The van der Waals surface area contributed by atoms with E-state index in [1.165, 1.54) is 0 Å². The van der Waals surface area contributed by atoms with E-state index < -0.39 is 16.3 Å². The molecule has 1 amide bonds. The lowest BCUT2D eigenvalue weighted by Gasteiger charge is -2.13. The van der Waals surface area contributed by atoms with E-state index in [9.17, 15) is 13.2 Å². The molecule has 0 heterocycles. The zero-order valence-electron chi connectivity index (χ0n) is 11.6. The molecule has 8 heteroatoms. The molecular weight excluding hydrogens is 282 g/mol. The molecule has 0 bridgehead atoms. The number of hydrogen-bond acceptors (Lipinski definition) is 5. The Morgan fingerprint density at radius 1 is 1.40 bits per heavy atom. The van der Waals surface area contributed by atoms with Crippen LogP contribution < -0.4 is 14.8 Å². The van der Waals surface area contributed by atoms with E-state index in [4.69, 9.17) is 0 Å². The number of benzene rings is 1. The summed E-state index contributed by atoms with van der Waals surface area (Å²) < 4.78 is 31.9. The molecule has 1 aromatic carbocycles. The monoisotopic (exact) mass is 301 g/mol. The van der Waals surface area contributed by atoms with Crippen molar-refractivity contribution >= 4 is 22.0 Å². The summed E-state index contributed by atoms with van der Waals surface area (Å²) in [5.74, 6) is 0. The van der Waals surface area contributed by atoms with Crippen LogP contribution >= 0.6 is 0 Å². The van der Waals surface area contributed by atoms with Crippen LogP contribution in [0.1, 0.15) is 25.5 Å². The third kappa shape index (κ3) is 5.06. The Kier molecular flexibility index (Phi) is 5.78. The van der Waals surface area contributed by atoms with Gasteiger partial charge in [-0.25, -0.2) is 9.52 Å². The zero-order valence-corrected chi connectivity index (χ0v) is 12.5. The van der Waals surface area contributed by atoms with Crippen molar-refractivity contribution in [2.45, 2.75) is 19.9 Å². The van der Waals surface area contributed by atoms with Crippen molar-refractivity contribution in [1.82, 2.24) is 10.0 Å². The largest absolute Gasteiger partial charge is 0.449 e. The van der Waals surface area contributed by atoms with Crippen LogP contribution in [-0.4, -0.2) is 28.2 Å². The predicted octanol–water partition coefficient (Wildman–Crippen LogP) is 1.37. The number of rotatable bonds is 6. The Bertz CT molecular complexity index is 560. The maximum Gasteiger partial charge on any atom is 0.422 e. The summed E-state index contributed by atoms with van der Waals surface area (Å²) in [6, 6.07) is 6.96. The van der Waals surface area contributed by atoms with Gasteiger partial charge in [0.1, 0.15) is 0 Å². The van der Waals surface area contributed by atoms with Crippen molar-refractivity contribution in [3.63, 3.8) is 0 Å². The summed E-state index contributed by atoms with van der Waals surface area (Å²) in [6.45, 7) is 3.63. The first-order valence-electron chi connectivity index (χ1n) is 6.12. The van der Waals surface area contributed by atoms with Gasteiger partial charge in [-0.15, -0.1) is 0 Å². The number of hydrogen-bond donors (Lipinski definition) is 3. The zero-order chi connectivity index (χ0) is 15.2. The van der Waals surface area contributed by atoms with Crippen molar-refractivity contribution in [2.75, 3.05) is 18.4 Å². The smallest absolute Gasteiger partial charge is 0.422 e. The third-order valence-electron chi connectivity index (χ3n) is 2.56. The first-order chi connectivity index (χ1) is 9.38. The summed E-state index contributed by atoms with van der Waals surface area (Å²) in [6.07, 6.45) is -1.01. The molecule has 3 N–H and O–H groups in total. The van der Waals surface area contributed by atoms with Gasteiger partial charge < -0.3 is 10.1 Å². The molecule has 0 saturated heterocycles. The number of carbonyl (C=O) groups is 1. The Balaban J connectivity index is 2.79. The van der Waals surface area contributed by atoms with Crippen LogP contribution in [0.15, 0.2) is 24.3 Å². The van der Waals surface area contributed by atoms with E-state index in [2.05, 4.69) is 14.8 Å². The van der Waals surface area contributed by atoms with E-state index >= 15 is 0 Å². The van der Waals surface area contributed by atoms with Gasteiger partial charge in [0.15, 0.2) is 0 Å². The SMILES string of the molecule is CCOC(=O)NS(=O)(=O)Nc1cccc(C(C)NC)c1. The second-order valence-corrected chi connectivity index (χ2v) is 5.48. The van der Waals surface area contributed by atoms with Crippen LogP contribution in [0, 0.1) is 0 Å². The quantitative estimate of drug-likeness (QED) is 0.737. The standard InChI is InChI=1S/C12H19N3O4S/c1-4-19-12(16)15-20(17,18)14-11-7-5-6-10(8-11)9(2)13-3/h5-9,13-14H,4H2,1-3H3,(H,15,16). The van der Waals surface area contributed by atoms with Gasteiger partial charge in [-0.2, -0.15) is 8.42 Å². The Hall–Kier alpha value is -1.80. The average molecular weight is 301 g/mol. The lowest BCUT2D eigenvalue weighted by molar-refractivity contribution is 0.159. The van der Waals surface area contributed by atoms with E-state index in [0.29, 0.717) is 5.69 Å². The van der Waals surface area contributed by atoms with Crippen molar-refractivity contribution < 1.29 is 17.9 Å². The van der Waals surface area contributed by atoms with Gasteiger partial charge in [-0.1, -0.05) is 12.1 Å². The maximum absolute atomic E-state index is 11.7. The fraction of sp³-hybridized carbons (Fsp3) is 0.417. The van der Waals surface area contributed by atoms with Gasteiger partial charge in [0.05, 0.1) is 12.3 Å². The van der Waals surface area contributed by atoms with Gasteiger partial charge in [-0.05, 0) is 38.6 Å². The molecule has 0 aromatic heterocycles. The molecule has 1 aromatic rings. The second kappa shape index (κ2) is 7.11. The van der Waals surface area contributed by atoms with Gasteiger partial charge in [0.2, 0.25) is 0 Å². The Morgan fingerprint density at radius 3 is 2.70 bits per heavy atom. The van der Waals surface area contributed by atoms with Crippen molar-refractivity contribution in [3.8, 4) is 0 Å². The minimum absolute atomic E-state index is 0.0810. The molecule has 112 valence electrons. The fourth-order valence-corrected chi connectivity index (χ4v) is 2.26. The van der Waals surface area contributed by atoms with Gasteiger partial charge in [-0.3, -0.25) is 4.72 Å². The lowest BCUT2D eigenvalue weighted by Crippen LogP contribution is -2.35. The minimum atomic E-state index is -4.00. The molecule has 0 aliphatic heterocycles. The molecule has 1 rings (SSSR count). The molecule has 1 unspecified atom stereocenters. The highest BCUT2D eigenvalue weighted by molar-refractivity contribution is 7.91. The highest BCUT2D eigenvalue weighted by atomic mass is 32.2. The predicted molar refractivity (Wildman–Crippen MR) is 76.6 cm³/mol. The van der Waals surface area contributed by atoms with Crippen LogP contribution in [0.25, 0.3) is 0 Å². The molecule has 0 aliphatic rings. The topological polar surface area (TPSA) is 96.5 Å². The Morgan fingerprint density at radius 2 is 2.10 bits per heavy atom. The Labute approximate surface area is 118 Å². The summed E-state index contributed by atoms with van der Waals surface area (Å²) in [5, 5.41) is 3.05. The van der Waals surface area contributed by atoms with Crippen molar-refractivity contribution in [2.24, 2.45) is 0 Å². The fourth-order valence-electron chi connectivity index (χ4n) is 1.49. The number of carbonyl (C=O) groups excluding carboxylic acids is 1. The average Bonchev–Trinajstić information content (AvgIpc) is 2.37. The minimum Gasteiger partial charge on any atom is -0.449 e. The summed E-state index contributed by atoms with van der Waals surface area (Å²) in [7, 11) is -2.19. The van der Waals surface area contributed by atoms with Crippen LogP contribution in [0.5, 0.6) is 0 Å². The molecular formula is C12H19N3O4S. The normalized spacial score (nSPS) is 12.6.